The molecule has 1 heterocycles. The lowest BCUT2D eigenvalue weighted by atomic mass is 10.1. The van der Waals surface area contributed by atoms with Gasteiger partial charge >= 0.3 is 0 Å². The molecule has 1 aliphatic rings. The van der Waals surface area contributed by atoms with Crippen LogP contribution in [0.2, 0.25) is 5.02 Å². The molecule has 0 fully saturated rings. The van der Waals surface area contributed by atoms with Gasteiger partial charge in [0.25, 0.3) is 0 Å². The molecule has 1 unspecified atom stereocenters. The number of hydrogen-bond donors (Lipinski definition) is 0. The summed E-state index contributed by atoms with van der Waals surface area (Å²) in [7, 11) is 7.80. The van der Waals surface area contributed by atoms with E-state index in [1.165, 1.54) is 0 Å². The molecule has 1 aliphatic heterocycles. The fourth-order valence-electron chi connectivity index (χ4n) is 3.08. The minimum atomic E-state index is -0.0510. The van der Waals surface area contributed by atoms with Gasteiger partial charge in [-0.25, -0.2) is 0 Å². The van der Waals surface area contributed by atoms with Crippen LogP contribution >= 0.6 is 35.6 Å². The van der Waals surface area contributed by atoms with Gasteiger partial charge in [0.15, 0.2) is 0 Å². The van der Waals surface area contributed by atoms with E-state index in [9.17, 15) is 0 Å². The Labute approximate surface area is 181 Å². The number of fused-ring (bicyclic) bond motifs is 1. The summed E-state index contributed by atoms with van der Waals surface area (Å²) < 4.78 is 11.6. The Hall–Kier alpha value is -1.47. The summed E-state index contributed by atoms with van der Waals surface area (Å²) in [6.07, 6.45) is 0.957. The summed E-state index contributed by atoms with van der Waals surface area (Å²) in [5.74, 6) is 1.64. The van der Waals surface area contributed by atoms with E-state index >= 15 is 0 Å². The van der Waals surface area contributed by atoms with Crippen LogP contribution in [-0.4, -0.2) is 51.3 Å². The highest BCUT2D eigenvalue weighted by Gasteiger charge is 2.32. The van der Waals surface area contributed by atoms with Crippen molar-refractivity contribution in [3.8, 4) is 11.5 Å². The Balaban J connectivity index is 1.91. The first-order chi connectivity index (χ1) is 13.4. The average Bonchev–Trinajstić information content (AvgIpc) is 2.67. The van der Waals surface area contributed by atoms with Gasteiger partial charge in [0, 0.05) is 29.1 Å². The van der Waals surface area contributed by atoms with E-state index in [4.69, 9.17) is 33.3 Å². The molecule has 0 amide bonds. The second kappa shape index (κ2) is 9.35. The monoisotopic (exact) mass is 436 g/mol. The maximum atomic E-state index is 6.23. The van der Waals surface area contributed by atoms with Crippen molar-refractivity contribution in [2.24, 2.45) is 0 Å². The molecule has 0 bridgehead atoms. The normalized spacial score (nSPS) is 16.3. The zero-order valence-corrected chi connectivity index (χ0v) is 19.0. The van der Waals surface area contributed by atoms with Crippen molar-refractivity contribution in [3.05, 3.63) is 47.0 Å². The first-order valence-corrected chi connectivity index (χ1v) is 10.8. The Morgan fingerprint density at radius 1 is 1.21 bits per heavy atom. The van der Waals surface area contributed by atoms with Crippen LogP contribution < -0.4 is 14.4 Å². The zero-order chi connectivity index (χ0) is 20.3. The number of ether oxygens (including phenoxy) is 2. The number of thioether (sulfide) groups is 1. The van der Waals surface area contributed by atoms with E-state index in [1.54, 1.807) is 18.9 Å². The van der Waals surface area contributed by atoms with Gasteiger partial charge in [-0.3, -0.25) is 0 Å². The maximum absolute atomic E-state index is 6.23. The van der Waals surface area contributed by atoms with Gasteiger partial charge in [0.05, 0.1) is 24.7 Å². The lowest BCUT2D eigenvalue weighted by molar-refractivity contribution is 0.279. The third kappa shape index (κ3) is 4.74. The third-order valence-corrected chi connectivity index (χ3v) is 6.78. The second-order valence-corrected chi connectivity index (χ2v) is 8.92. The Morgan fingerprint density at radius 3 is 2.71 bits per heavy atom. The van der Waals surface area contributed by atoms with Gasteiger partial charge in [0.1, 0.15) is 16.5 Å². The van der Waals surface area contributed by atoms with E-state index in [2.05, 4.69) is 23.9 Å². The van der Waals surface area contributed by atoms with Crippen LogP contribution in [0.25, 0.3) is 0 Å². The summed E-state index contributed by atoms with van der Waals surface area (Å²) in [6, 6.07) is 11.8. The summed E-state index contributed by atoms with van der Waals surface area (Å²) in [5, 5.41) is 0.668. The van der Waals surface area contributed by atoms with Gasteiger partial charge in [-0.1, -0.05) is 23.8 Å². The number of nitrogens with zero attached hydrogens (tertiary/aromatic N) is 2. The van der Waals surface area contributed by atoms with Gasteiger partial charge in [-0.15, -0.1) is 11.8 Å². The van der Waals surface area contributed by atoms with Crippen molar-refractivity contribution in [2.75, 3.05) is 46.3 Å². The van der Waals surface area contributed by atoms with Crippen molar-refractivity contribution in [1.29, 1.82) is 0 Å². The molecule has 0 aromatic heterocycles. The molecule has 150 valence electrons. The Kier molecular flexibility index (Phi) is 7.10. The molecule has 0 radical (unpaired) electrons. The number of methoxy groups -OCH3 is 1. The molecule has 0 saturated heterocycles. The van der Waals surface area contributed by atoms with Crippen molar-refractivity contribution >= 4 is 46.3 Å². The zero-order valence-electron chi connectivity index (χ0n) is 16.6. The lowest BCUT2D eigenvalue weighted by Gasteiger charge is -2.34. The molecule has 2 aromatic carbocycles. The highest BCUT2D eigenvalue weighted by Crippen LogP contribution is 2.49. The number of anilines is 1. The largest absolute Gasteiger partial charge is 0.497 e. The molecule has 4 nitrogen and oxygen atoms in total. The Bertz CT molecular complexity index is 860. The lowest BCUT2D eigenvalue weighted by Crippen LogP contribution is -2.32. The van der Waals surface area contributed by atoms with Gasteiger partial charge in [0.2, 0.25) is 0 Å². The molecule has 2 aromatic rings. The number of thiocarbonyl (C=S) groups is 1. The maximum Gasteiger partial charge on any atom is 0.124 e. The van der Waals surface area contributed by atoms with E-state index in [-0.39, 0.29) is 5.25 Å². The smallest absolute Gasteiger partial charge is 0.124 e. The summed E-state index contributed by atoms with van der Waals surface area (Å²) in [6.45, 7) is 1.64. The molecule has 0 aliphatic carbocycles. The average molecular weight is 437 g/mol. The fraction of sp³-hybridized carbons (Fsp3) is 0.381. The molecular formula is C21H25ClN2O2S2. The molecule has 1 atom stereocenters. The quantitative estimate of drug-likeness (QED) is 0.432. The van der Waals surface area contributed by atoms with Gasteiger partial charge in [-0.2, -0.15) is 0 Å². The minimum Gasteiger partial charge on any atom is -0.497 e. The first-order valence-electron chi connectivity index (χ1n) is 9.10. The highest BCUT2D eigenvalue weighted by molar-refractivity contribution is 8.01. The molecule has 0 saturated carbocycles. The number of benzene rings is 2. The highest BCUT2D eigenvalue weighted by atomic mass is 35.5. The number of rotatable bonds is 7. The molecule has 28 heavy (non-hydrogen) atoms. The van der Waals surface area contributed by atoms with E-state index < -0.39 is 0 Å². The number of likely N-dealkylation sites (N-methyl/N-ethyl adjacent to an activating group) is 1. The third-order valence-electron chi connectivity index (χ3n) is 4.59. The number of halogens is 1. The SMILES string of the molecule is COc1ccc(OCCCN(C)C)c(C2Sc3cc(Cl)ccc3N(C)C2=S)c1. The van der Waals surface area contributed by atoms with E-state index in [1.807, 2.05) is 43.4 Å². The van der Waals surface area contributed by atoms with Crippen LogP contribution in [0.15, 0.2) is 41.3 Å². The van der Waals surface area contributed by atoms with Crippen LogP contribution in [0.3, 0.4) is 0 Å². The van der Waals surface area contributed by atoms with E-state index in [0.29, 0.717) is 6.61 Å². The summed E-state index contributed by atoms with van der Waals surface area (Å²) in [5.41, 5.74) is 2.10. The summed E-state index contributed by atoms with van der Waals surface area (Å²) in [4.78, 5) is 6.15. The molecular weight excluding hydrogens is 412 g/mol. The first kappa shape index (κ1) is 21.2. The topological polar surface area (TPSA) is 24.9 Å². The van der Waals surface area contributed by atoms with Crippen LogP contribution in [0.5, 0.6) is 11.5 Å². The van der Waals surface area contributed by atoms with Crippen molar-refractivity contribution in [2.45, 2.75) is 16.6 Å². The molecule has 0 N–H and O–H groups in total. The predicted molar refractivity (Wildman–Crippen MR) is 123 cm³/mol. The Morgan fingerprint density at radius 2 is 2.00 bits per heavy atom. The second-order valence-electron chi connectivity index (χ2n) is 6.92. The van der Waals surface area contributed by atoms with Crippen LogP contribution in [0.1, 0.15) is 17.2 Å². The minimum absolute atomic E-state index is 0.0510. The van der Waals surface area contributed by atoms with Gasteiger partial charge < -0.3 is 19.3 Å². The van der Waals surface area contributed by atoms with Crippen molar-refractivity contribution in [1.82, 2.24) is 4.90 Å². The van der Waals surface area contributed by atoms with Crippen molar-refractivity contribution < 1.29 is 9.47 Å². The van der Waals surface area contributed by atoms with Crippen LogP contribution in [0, 0.1) is 0 Å². The van der Waals surface area contributed by atoms with E-state index in [0.717, 1.165) is 50.6 Å². The van der Waals surface area contributed by atoms with Crippen LogP contribution in [0.4, 0.5) is 5.69 Å². The predicted octanol–water partition coefficient (Wildman–Crippen LogP) is 5.29. The molecule has 7 heteroatoms. The molecule has 3 rings (SSSR count). The van der Waals surface area contributed by atoms with Crippen molar-refractivity contribution in [3.63, 3.8) is 0 Å². The standard InChI is InChI=1S/C21H25ClN2O2S2/c1-23(2)10-5-11-26-18-9-7-15(25-4)13-16(18)20-21(27)24(3)17-8-6-14(22)12-19(17)28-20/h6-9,12-13,20H,5,10-11H2,1-4H3. The van der Waals surface area contributed by atoms with Gasteiger partial charge in [-0.05, 0) is 56.9 Å². The molecule has 0 spiro atoms. The number of hydrogen-bond acceptors (Lipinski definition) is 5. The summed E-state index contributed by atoms with van der Waals surface area (Å²) >= 11 is 13.8. The van der Waals surface area contributed by atoms with Crippen LogP contribution in [-0.2, 0) is 0 Å². The fourth-order valence-corrected chi connectivity index (χ4v) is 5.03.